The minimum absolute atomic E-state index is 0.273. The first kappa shape index (κ1) is 14.2. The zero-order valence-electron chi connectivity index (χ0n) is 11.8. The lowest BCUT2D eigenvalue weighted by Crippen LogP contribution is -2.35. The average Bonchev–Trinajstić information content (AvgIpc) is 2.42. The summed E-state index contributed by atoms with van der Waals surface area (Å²) in [5.41, 5.74) is 1.16. The summed E-state index contributed by atoms with van der Waals surface area (Å²) in [7, 11) is 0. The highest BCUT2D eigenvalue weighted by Crippen LogP contribution is 2.30. The summed E-state index contributed by atoms with van der Waals surface area (Å²) in [5, 5.41) is 0. The molecule has 2 rings (SSSR count). The molecule has 0 spiro atoms. The number of fused-ring (bicyclic) bond motifs is 1. The van der Waals surface area contributed by atoms with E-state index in [0.29, 0.717) is 13.2 Å². The number of hydrogen-bond donors (Lipinski definition) is 0. The molecule has 0 aliphatic carbocycles. The van der Waals surface area contributed by atoms with Crippen LogP contribution in [0.4, 0.5) is 5.69 Å². The van der Waals surface area contributed by atoms with Gasteiger partial charge < -0.3 is 19.1 Å². The van der Waals surface area contributed by atoms with Gasteiger partial charge in [-0.1, -0.05) is 12.1 Å². The Balaban J connectivity index is 1.70. The van der Waals surface area contributed by atoms with E-state index >= 15 is 0 Å². The Morgan fingerprint density at radius 3 is 2.89 bits per heavy atom. The predicted octanol–water partition coefficient (Wildman–Crippen LogP) is 2.33. The van der Waals surface area contributed by atoms with Crippen molar-refractivity contribution in [1.82, 2.24) is 0 Å². The lowest BCUT2D eigenvalue weighted by molar-refractivity contribution is 0.0212. The van der Waals surface area contributed by atoms with Crippen LogP contribution in [0.25, 0.3) is 0 Å². The van der Waals surface area contributed by atoms with E-state index in [1.165, 1.54) is 0 Å². The maximum atomic E-state index is 5.62. The molecular formula is C15H23NO3. The van der Waals surface area contributed by atoms with Gasteiger partial charge >= 0.3 is 0 Å². The van der Waals surface area contributed by atoms with Crippen LogP contribution in [0.2, 0.25) is 0 Å². The van der Waals surface area contributed by atoms with Crippen molar-refractivity contribution in [2.75, 3.05) is 44.4 Å². The molecule has 19 heavy (non-hydrogen) atoms. The van der Waals surface area contributed by atoms with Gasteiger partial charge in [0, 0.05) is 6.54 Å². The molecule has 0 radical (unpaired) electrons. The van der Waals surface area contributed by atoms with E-state index in [4.69, 9.17) is 14.2 Å². The molecule has 1 aromatic carbocycles. The molecule has 0 unspecified atom stereocenters. The molecule has 0 aromatic heterocycles. The standard InChI is InChI=1S/C15H23NO3/c1-13(2)18-12-11-17-9-7-16-8-10-19-15-6-4-3-5-14(15)16/h3-6,13H,7-12H2,1-2H3. The van der Waals surface area contributed by atoms with E-state index in [2.05, 4.69) is 11.0 Å². The van der Waals surface area contributed by atoms with Gasteiger partial charge in [-0.05, 0) is 26.0 Å². The summed E-state index contributed by atoms with van der Waals surface area (Å²) in [6.07, 6.45) is 0.273. The van der Waals surface area contributed by atoms with Gasteiger partial charge in [0.2, 0.25) is 0 Å². The zero-order chi connectivity index (χ0) is 13.5. The average molecular weight is 265 g/mol. The monoisotopic (exact) mass is 265 g/mol. The van der Waals surface area contributed by atoms with Crippen LogP contribution < -0.4 is 9.64 Å². The molecule has 4 nitrogen and oxygen atoms in total. The quantitative estimate of drug-likeness (QED) is 0.708. The van der Waals surface area contributed by atoms with Gasteiger partial charge in [0.15, 0.2) is 0 Å². The third-order valence-corrected chi connectivity index (χ3v) is 3.01. The minimum Gasteiger partial charge on any atom is -0.490 e. The van der Waals surface area contributed by atoms with Gasteiger partial charge in [0.05, 0.1) is 38.2 Å². The number of ether oxygens (including phenoxy) is 3. The highest BCUT2D eigenvalue weighted by Gasteiger charge is 2.16. The molecule has 106 valence electrons. The Kier molecular flexibility index (Phi) is 5.48. The van der Waals surface area contributed by atoms with Crippen LogP contribution in [0.1, 0.15) is 13.8 Å². The molecule has 1 aromatic rings. The fourth-order valence-corrected chi connectivity index (χ4v) is 2.08. The van der Waals surface area contributed by atoms with Crippen molar-refractivity contribution in [2.24, 2.45) is 0 Å². The number of anilines is 1. The Morgan fingerprint density at radius 2 is 2.05 bits per heavy atom. The number of benzene rings is 1. The highest BCUT2D eigenvalue weighted by molar-refractivity contribution is 5.59. The van der Waals surface area contributed by atoms with Crippen LogP contribution in [0.15, 0.2) is 24.3 Å². The summed E-state index contributed by atoms with van der Waals surface area (Å²) >= 11 is 0. The molecule has 0 atom stereocenters. The highest BCUT2D eigenvalue weighted by atomic mass is 16.5. The second kappa shape index (κ2) is 7.36. The van der Waals surface area contributed by atoms with Gasteiger partial charge in [0.25, 0.3) is 0 Å². The van der Waals surface area contributed by atoms with Crippen molar-refractivity contribution < 1.29 is 14.2 Å². The zero-order valence-corrected chi connectivity index (χ0v) is 11.8. The SMILES string of the molecule is CC(C)OCCOCCN1CCOc2ccccc21. The molecule has 1 aliphatic heterocycles. The summed E-state index contributed by atoms with van der Waals surface area (Å²) < 4.78 is 16.6. The smallest absolute Gasteiger partial charge is 0.142 e. The van der Waals surface area contributed by atoms with Crippen molar-refractivity contribution >= 4 is 5.69 Å². The van der Waals surface area contributed by atoms with Gasteiger partial charge in [-0.2, -0.15) is 0 Å². The molecule has 0 saturated carbocycles. The van der Waals surface area contributed by atoms with Crippen LogP contribution in [-0.4, -0.2) is 45.6 Å². The topological polar surface area (TPSA) is 30.9 Å². The van der Waals surface area contributed by atoms with Gasteiger partial charge in [-0.25, -0.2) is 0 Å². The number of rotatable bonds is 7. The Hall–Kier alpha value is -1.26. The predicted molar refractivity (Wildman–Crippen MR) is 76.1 cm³/mol. The van der Waals surface area contributed by atoms with Crippen molar-refractivity contribution in [3.8, 4) is 5.75 Å². The fraction of sp³-hybridized carbons (Fsp3) is 0.600. The molecular weight excluding hydrogens is 242 g/mol. The fourth-order valence-electron chi connectivity index (χ4n) is 2.08. The van der Waals surface area contributed by atoms with E-state index in [1.54, 1.807) is 0 Å². The molecule has 4 heteroatoms. The van der Waals surface area contributed by atoms with Crippen LogP contribution in [0.3, 0.4) is 0 Å². The third kappa shape index (κ3) is 4.40. The van der Waals surface area contributed by atoms with Crippen LogP contribution in [0.5, 0.6) is 5.75 Å². The van der Waals surface area contributed by atoms with Crippen molar-refractivity contribution in [3.05, 3.63) is 24.3 Å². The van der Waals surface area contributed by atoms with Gasteiger partial charge in [-0.3, -0.25) is 0 Å². The Morgan fingerprint density at radius 1 is 1.21 bits per heavy atom. The largest absolute Gasteiger partial charge is 0.490 e. The lowest BCUT2D eigenvalue weighted by Gasteiger charge is -2.31. The van der Waals surface area contributed by atoms with Gasteiger partial charge in [0.1, 0.15) is 12.4 Å². The van der Waals surface area contributed by atoms with Crippen molar-refractivity contribution in [1.29, 1.82) is 0 Å². The number of para-hydroxylation sites is 2. The first-order valence-corrected chi connectivity index (χ1v) is 6.93. The van der Waals surface area contributed by atoms with E-state index < -0.39 is 0 Å². The molecule has 0 bridgehead atoms. The Bertz CT molecular complexity index is 381. The van der Waals surface area contributed by atoms with E-state index in [1.807, 2.05) is 32.0 Å². The first-order chi connectivity index (χ1) is 9.27. The molecule has 1 aliphatic rings. The van der Waals surface area contributed by atoms with Crippen LogP contribution in [0, 0.1) is 0 Å². The third-order valence-electron chi connectivity index (χ3n) is 3.01. The second-order valence-corrected chi connectivity index (χ2v) is 4.84. The first-order valence-electron chi connectivity index (χ1n) is 6.93. The normalized spacial score (nSPS) is 14.4. The van der Waals surface area contributed by atoms with Crippen molar-refractivity contribution in [3.63, 3.8) is 0 Å². The van der Waals surface area contributed by atoms with E-state index in [0.717, 1.165) is 37.7 Å². The summed E-state index contributed by atoms with van der Waals surface area (Å²) in [4.78, 5) is 2.31. The minimum atomic E-state index is 0.273. The number of nitrogens with zero attached hydrogens (tertiary/aromatic N) is 1. The van der Waals surface area contributed by atoms with Gasteiger partial charge in [-0.15, -0.1) is 0 Å². The second-order valence-electron chi connectivity index (χ2n) is 4.84. The molecule has 0 N–H and O–H groups in total. The van der Waals surface area contributed by atoms with E-state index in [-0.39, 0.29) is 6.10 Å². The van der Waals surface area contributed by atoms with E-state index in [9.17, 15) is 0 Å². The maximum Gasteiger partial charge on any atom is 0.142 e. The molecule has 1 heterocycles. The summed E-state index contributed by atoms with van der Waals surface area (Å²) in [6.45, 7) is 8.66. The molecule has 0 amide bonds. The molecule has 0 saturated heterocycles. The number of hydrogen-bond acceptors (Lipinski definition) is 4. The Labute approximate surface area is 115 Å². The van der Waals surface area contributed by atoms with Crippen LogP contribution >= 0.6 is 0 Å². The summed E-state index contributed by atoms with van der Waals surface area (Å²) in [5.74, 6) is 0.969. The molecule has 0 fully saturated rings. The van der Waals surface area contributed by atoms with Crippen LogP contribution in [-0.2, 0) is 9.47 Å². The lowest BCUT2D eigenvalue weighted by atomic mass is 10.2. The maximum absolute atomic E-state index is 5.62. The van der Waals surface area contributed by atoms with Crippen molar-refractivity contribution in [2.45, 2.75) is 20.0 Å². The summed E-state index contributed by atoms with van der Waals surface area (Å²) in [6, 6.07) is 8.15.